The minimum absolute atomic E-state index is 0.300. The fourth-order valence-corrected chi connectivity index (χ4v) is 4.83. The lowest BCUT2D eigenvalue weighted by molar-refractivity contribution is 0.0696. The molecule has 0 aliphatic rings. The zero-order valence-corrected chi connectivity index (χ0v) is 20.3. The molecule has 0 spiro atoms. The number of rotatable bonds is 7. The molecule has 0 amide bonds. The number of hydrogen-bond acceptors (Lipinski definition) is 3. The number of carboxylic acid groups (broad SMARTS) is 1. The lowest BCUT2D eigenvalue weighted by Gasteiger charge is -2.10. The quantitative estimate of drug-likeness (QED) is 0.281. The van der Waals surface area contributed by atoms with Crippen LogP contribution in [0.25, 0.3) is 33.1 Å². The molecular weight excluding hydrogens is 462 g/mol. The molecule has 0 aliphatic heterocycles. The van der Waals surface area contributed by atoms with Crippen molar-refractivity contribution >= 4 is 27.9 Å². The van der Waals surface area contributed by atoms with Gasteiger partial charge in [0, 0.05) is 24.8 Å². The Hall–Kier alpha value is -4.84. The largest absolute Gasteiger partial charge is 0.497 e. The Morgan fingerprint density at radius 3 is 2.35 bits per heavy atom. The van der Waals surface area contributed by atoms with Crippen LogP contribution in [0.3, 0.4) is 0 Å². The lowest BCUT2D eigenvalue weighted by Crippen LogP contribution is -2.01. The summed E-state index contributed by atoms with van der Waals surface area (Å²) in [6, 6.07) is 30.1. The second kappa shape index (κ2) is 9.32. The number of hydrogen-bond donors (Lipinski definition) is 1. The third-order valence-electron chi connectivity index (χ3n) is 6.74. The Labute approximate surface area is 214 Å². The molecule has 2 aromatic heterocycles. The summed E-state index contributed by atoms with van der Waals surface area (Å²) in [5.74, 6) is -0.0730. The van der Waals surface area contributed by atoms with Gasteiger partial charge in [0.2, 0.25) is 0 Å². The maximum Gasteiger partial charge on any atom is 0.335 e. The molecule has 0 bridgehead atoms. The number of carboxylic acids is 1. The van der Waals surface area contributed by atoms with Gasteiger partial charge in [0.1, 0.15) is 5.75 Å². The van der Waals surface area contributed by atoms with E-state index >= 15 is 0 Å². The molecule has 6 rings (SSSR count). The van der Waals surface area contributed by atoms with E-state index in [-0.39, 0.29) is 0 Å². The van der Waals surface area contributed by atoms with Crippen molar-refractivity contribution in [3.63, 3.8) is 0 Å². The highest BCUT2D eigenvalue weighted by Gasteiger charge is 2.10. The molecule has 0 fully saturated rings. The number of carbonyl (C=O) groups is 1. The van der Waals surface area contributed by atoms with Gasteiger partial charge in [-0.2, -0.15) is 0 Å². The normalized spacial score (nSPS) is 11.3. The van der Waals surface area contributed by atoms with Crippen LogP contribution in [0, 0.1) is 0 Å². The highest BCUT2D eigenvalue weighted by molar-refractivity contribution is 5.89. The van der Waals surface area contributed by atoms with Crippen LogP contribution in [-0.4, -0.2) is 32.3 Å². The minimum Gasteiger partial charge on any atom is -0.497 e. The summed E-state index contributed by atoms with van der Waals surface area (Å²) < 4.78 is 9.69. The number of aromatic nitrogens is 3. The van der Waals surface area contributed by atoms with E-state index < -0.39 is 5.97 Å². The zero-order chi connectivity index (χ0) is 25.4. The van der Waals surface area contributed by atoms with Gasteiger partial charge in [0.25, 0.3) is 0 Å². The van der Waals surface area contributed by atoms with Gasteiger partial charge in [0.15, 0.2) is 0 Å². The average Bonchev–Trinajstić information content (AvgIpc) is 3.52. The smallest absolute Gasteiger partial charge is 0.335 e. The summed E-state index contributed by atoms with van der Waals surface area (Å²) in [5, 5.41) is 10.5. The van der Waals surface area contributed by atoms with Gasteiger partial charge in [-0.15, -0.1) is 0 Å². The zero-order valence-electron chi connectivity index (χ0n) is 20.3. The Kier molecular flexibility index (Phi) is 5.69. The predicted molar refractivity (Wildman–Crippen MR) is 145 cm³/mol. The Bertz CT molecular complexity index is 1760. The molecule has 0 saturated heterocycles. The van der Waals surface area contributed by atoms with Crippen LogP contribution < -0.4 is 4.74 Å². The number of ether oxygens (including phenoxy) is 1. The average molecular weight is 488 g/mol. The molecule has 37 heavy (non-hydrogen) atoms. The van der Waals surface area contributed by atoms with Gasteiger partial charge in [0.05, 0.1) is 30.0 Å². The summed E-state index contributed by atoms with van der Waals surface area (Å²) in [4.78, 5) is 16.0. The van der Waals surface area contributed by atoms with Gasteiger partial charge in [-0.3, -0.25) is 0 Å². The molecule has 6 aromatic rings. The van der Waals surface area contributed by atoms with Crippen LogP contribution in [0.15, 0.2) is 104 Å². The van der Waals surface area contributed by atoms with Crippen molar-refractivity contribution in [2.45, 2.75) is 13.1 Å². The Morgan fingerprint density at radius 1 is 0.811 bits per heavy atom. The van der Waals surface area contributed by atoms with E-state index in [2.05, 4.69) is 62.6 Å². The van der Waals surface area contributed by atoms with Crippen molar-refractivity contribution in [3.05, 3.63) is 120 Å². The lowest BCUT2D eigenvalue weighted by atomic mass is 10.0. The SMILES string of the molecule is COc1cccc(Cn2cnc3ccc(-c4ccc5ccn(Cc6cccc(C(=O)O)c6)c5c4)cc32)c1. The summed E-state index contributed by atoms with van der Waals surface area (Å²) in [6.07, 6.45) is 3.93. The van der Waals surface area contributed by atoms with Crippen molar-refractivity contribution in [1.29, 1.82) is 0 Å². The van der Waals surface area contributed by atoms with Crippen LogP contribution in [-0.2, 0) is 13.1 Å². The van der Waals surface area contributed by atoms with Crippen molar-refractivity contribution < 1.29 is 14.6 Å². The first-order chi connectivity index (χ1) is 18.1. The van der Waals surface area contributed by atoms with Gasteiger partial charge >= 0.3 is 5.97 Å². The van der Waals surface area contributed by atoms with Crippen LogP contribution in [0.4, 0.5) is 0 Å². The molecule has 0 saturated carbocycles. The topological polar surface area (TPSA) is 69.3 Å². The summed E-state index contributed by atoms with van der Waals surface area (Å²) >= 11 is 0. The summed E-state index contributed by atoms with van der Waals surface area (Å²) in [7, 11) is 1.68. The summed E-state index contributed by atoms with van der Waals surface area (Å²) in [6.45, 7) is 1.30. The van der Waals surface area contributed by atoms with Crippen LogP contribution in [0.2, 0.25) is 0 Å². The van der Waals surface area contributed by atoms with Gasteiger partial charge in [-0.05, 0) is 76.2 Å². The number of imidazole rings is 1. The predicted octanol–water partition coefficient (Wildman–Crippen LogP) is 6.46. The van der Waals surface area contributed by atoms with Gasteiger partial charge in [-0.1, -0.05) is 42.5 Å². The monoisotopic (exact) mass is 487 g/mol. The van der Waals surface area contributed by atoms with E-state index in [0.717, 1.165) is 49.9 Å². The van der Waals surface area contributed by atoms with Crippen LogP contribution in [0.1, 0.15) is 21.5 Å². The Morgan fingerprint density at radius 2 is 1.54 bits per heavy atom. The molecule has 6 nitrogen and oxygen atoms in total. The van der Waals surface area contributed by atoms with E-state index in [9.17, 15) is 9.90 Å². The standard InChI is InChI=1S/C31H25N3O3/c1-37-27-7-3-5-22(15-27)19-34-20-32-28-11-10-25(17-30(28)34)24-9-8-23-12-13-33(29(23)16-24)18-21-4-2-6-26(14-21)31(35)36/h2-17,20H,18-19H2,1H3,(H,35,36). The fraction of sp³-hybridized carbons (Fsp3) is 0.0968. The maximum absolute atomic E-state index is 11.4. The van der Waals surface area contributed by atoms with Crippen LogP contribution in [0.5, 0.6) is 5.75 Å². The first-order valence-corrected chi connectivity index (χ1v) is 12.1. The Balaban J connectivity index is 1.34. The molecule has 0 unspecified atom stereocenters. The second-order valence-corrected chi connectivity index (χ2v) is 9.15. The molecular formula is C31H25N3O3. The van der Waals surface area contributed by atoms with E-state index in [0.29, 0.717) is 18.7 Å². The third-order valence-corrected chi connectivity index (χ3v) is 6.74. The highest BCUT2D eigenvalue weighted by Crippen LogP contribution is 2.29. The molecule has 4 aromatic carbocycles. The van der Waals surface area contributed by atoms with Crippen molar-refractivity contribution in [2.24, 2.45) is 0 Å². The number of aromatic carboxylic acids is 1. The van der Waals surface area contributed by atoms with Gasteiger partial charge in [-0.25, -0.2) is 9.78 Å². The van der Waals surface area contributed by atoms with Gasteiger partial charge < -0.3 is 19.0 Å². The molecule has 6 heteroatoms. The van der Waals surface area contributed by atoms with E-state index in [1.165, 1.54) is 0 Å². The van der Waals surface area contributed by atoms with Crippen molar-refractivity contribution in [1.82, 2.24) is 14.1 Å². The fourth-order valence-electron chi connectivity index (χ4n) is 4.83. The highest BCUT2D eigenvalue weighted by atomic mass is 16.5. The molecule has 2 heterocycles. The molecule has 1 N–H and O–H groups in total. The molecule has 182 valence electrons. The molecule has 0 radical (unpaired) electrons. The van der Waals surface area contributed by atoms with E-state index in [1.54, 1.807) is 25.3 Å². The van der Waals surface area contributed by atoms with Crippen LogP contribution >= 0.6 is 0 Å². The van der Waals surface area contributed by atoms with E-state index in [4.69, 9.17) is 4.74 Å². The van der Waals surface area contributed by atoms with E-state index in [1.807, 2.05) is 36.8 Å². The first-order valence-electron chi connectivity index (χ1n) is 12.1. The summed E-state index contributed by atoms with van der Waals surface area (Å²) in [5.41, 5.74) is 7.75. The van der Waals surface area contributed by atoms with Crippen molar-refractivity contribution in [2.75, 3.05) is 7.11 Å². The third kappa shape index (κ3) is 4.45. The second-order valence-electron chi connectivity index (χ2n) is 9.15. The minimum atomic E-state index is -0.914. The first kappa shape index (κ1) is 22.6. The number of benzene rings is 4. The maximum atomic E-state index is 11.4. The molecule has 0 atom stereocenters. The number of nitrogens with zero attached hydrogens (tertiary/aromatic N) is 3. The molecule has 0 aliphatic carbocycles. The number of methoxy groups -OCH3 is 1. The number of fused-ring (bicyclic) bond motifs is 2. The van der Waals surface area contributed by atoms with Crippen molar-refractivity contribution in [3.8, 4) is 16.9 Å².